The second kappa shape index (κ2) is 14.1. The standard InChI is InChI=1S/C13H9.C10H10O.C2H7Si.2ClH.Zr/c1-3-7-12-10(5-1)9-11-6-2-4-8-13(11)12;1-7-6-8-4-2-3-5-9(8)10(7)11;1-3-2;;;/h1-9H;2-6,10-11H,1H3;3H,1-2H3;2*1H;/q-1;;;;;+3/p-2. The van der Waals surface area contributed by atoms with Crippen molar-refractivity contribution in [3.8, 4) is 0 Å². The van der Waals surface area contributed by atoms with E-state index in [-0.39, 0.29) is 57.1 Å². The molecule has 4 aromatic carbocycles. The minimum absolute atomic E-state index is 0. The van der Waals surface area contributed by atoms with E-state index in [0.717, 1.165) is 26.2 Å². The van der Waals surface area contributed by atoms with Crippen molar-refractivity contribution >= 4 is 37.1 Å². The second-order valence-corrected chi connectivity index (χ2v) is 7.97. The maximum atomic E-state index is 9.58. The fourth-order valence-electron chi connectivity index (χ4n) is 3.36. The van der Waals surface area contributed by atoms with E-state index in [1.165, 1.54) is 21.5 Å². The van der Waals surface area contributed by atoms with Crippen molar-refractivity contribution in [2.45, 2.75) is 26.1 Å². The van der Waals surface area contributed by atoms with Gasteiger partial charge < -0.3 is 29.9 Å². The van der Waals surface area contributed by atoms with Gasteiger partial charge in [0.05, 0.1) is 0 Å². The topological polar surface area (TPSA) is 20.2 Å². The number of rotatable bonds is 0. The Morgan fingerprint density at radius 2 is 1.20 bits per heavy atom. The maximum Gasteiger partial charge on any atom is 3.00 e. The molecule has 1 aliphatic rings. The Hall–Kier alpha value is -1.09. The molecule has 1 nitrogen and oxygen atoms in total. The van der Waals surface area contributed by atoms with Crippen LogP contribution >= 0.6 is 0 Å². The van der Waals surface area contributed by atoms with Crippen LogP contribution in [0.1, 0.15) is 24.2 Å². The van der Waals surface area contributed by atoms with Crippen LogP contribution in [0.4, 0.5) is 0 Å². The quantitative estimate of drug-likeness (QED) is 0.257. The van der Waals surface area contributed by atoms with E-state index >= 15 is 0 Å². The summed E-state index contributed by atoms with van der Waals surface area (Å²) in [4.78, 5) is 0. The van der Waals surface area contributed by atoms with E-state index in [9.17, 15) is 5.11 Å². The molecule has 5 heteroatoms. The largest absolute Gasteiger partial charge is 3.00 e. The third kappa shape index (κ3) is 6.70. The molecule has 0 heterocycles. The van der Waals surface area contributed by atoms with Gasteiger partial charge >= 0.3 is 26.2 Å². The molecule has 0 bridgehead atoms. The van der Waals surface area contributed by atoms with Gasteiger partial charge in [0, 0.05) is 9.52 Å². The monoisotopic (exact) mass is 530 g/mol. The van der Waals surface area contributed by atoms with Crippen molar-refractivity contribution in [1.82, 2.24) is 0 Å². The summed E-state index contributed by atoms with van der Waals surface area (Å²) in [5, 5.41) is 15.0. The third-order valence-corrected chi connectivity index (χ3v) is 4.63. The summed E-state index contributed by atoms with van der Waals surface area (Å²) in [6, 6.07) is 27.2. The molecule has 0 saturated heterocycles. The van der Waals surface area contributed by atoms with Crippen LogP contribution in [0.3, 0.4) is 0 Å². The summed E-state index contributed by atoms with van der Waals surface area (Å²) >= 11 is 0. The summed E-state index contributed by atoms with van der Waals surface area (Å²) in [5.74, 6) is 0. The van der Waals surface area contributed by atoms with Crippen molar-refractivity contribution in [3.63, 3.8) is 0 Å². The van der Waals surface area contributed by atoms with Gasteiger partial charge in [0.2, 0.25) is 0 Å². The predicted octanol–water partition coefficient (Wildman–Crippen LogP) is 0.373. The molecule has 5 rings (SSSR count). The minimum Gasteiger partial charge on any atom is -1.00 e. The molecule has 0 aliphatic heterocycles. The first-order valence-electron chi connectivity index (χ1n) is 9.38. The summed E-state index contributed by atoms with van der Waals surface area (Å²) in [7, 11) is 0.750. The molecule has 1 aliphatic carbocycles. The van der Waals surface area contributed by atoms with Gasteiger partial charge in [0.15, 0.2) is 0 Å². The van der Waals surface area contributed by atoms with Crippen LogP contribution < -0.4 is 24.8 Å². The second-order valence-electron chi connectivity index (χ2n) is 6.82. The van der Waals surface area contributed by atoms with Crippen LogP contribution in [0.5, 0.6) is 0 Å². The van der Waals surface area contributed by atoms with Crippen molar-refractivity contribution < 1.29 is 56.1 Å². The molecule has 0 amide bonds. The zero-order chi connectivity index (χ0) is 19.2. The van der Waals surface area contributed by atoms with Crippen LogP contribution in [0.25, 0.3) is 27.6 Å². The molecule has 1 N–H and O–H groups in total. The third-order valence-electron chi connectivity index (χ3n) is 4.63. The van der Waals surface area contributed by atoms with E-state index in [1.54, 1.807) is 0 Å². The number of hydrogen-bond acceptors (Lipinski definition) is 1. The molecule has 0 fully saturated rings. The Bertz CT molecular complexity index is 1020. The molecule has 1 atom stereocenters. The van der Waals surface area contributed by atoms with Crippen molar-refractivity contribution in [2.75, 3.05) is 0 Å². The van der Waals surface area contributed by atoms with Gasteiger partial charge in [0.25, 0.3) is 0 Å². The molecular weight excluding hydrogens is 506 g/mol. The number of halogens is 2. The first kappa shape index (κ1) is 28.9. The minimum atomic E-state index is -0.369. The SMILES string of the molecule is CC1=Cc2ccccc2C1O.C[SiH]C.[Cl-].[Cl-].[Zr+3].c1ccc2c(c1)[cH-]c1ccccc12. The molecule has 4 aromatic rings. The van der Waals surface area contributed by atoms with Gasteiger partial charge in [-0.05, 0) is 23.6 Å². The van der Waals surface area contributed by atoms with Gasteiger partial charge in [-0.25, -0.2) is 0 Å². The fraction of sp³-hybridized carbons (Fsp3) is 0.160. The van der Waals surface area contributed by atoms with Gasteiger partial charge in [-0.2, -0.15) is 0 Å². The van der Waals surface area contributed by atoms with Gasteiger partial charge in [0.1, 0.15) is 6.10 Å². The fourth-order valence-corrected chi connectivity index (χ4v) is 3.36. The number of hydrogen-bond donors (Lipinski definition) is 1. The summed E-state index contributed by atoms with van der Waals surface area (Å²) in [6.07, 6.45) is 1.66. The Labute approximate surface area is 213 Å². The average molecular weight is 533 g/mol. The molecule has 0 saturated carbocycles. The van der Waals surface area contributed by atoms with Crippen molar-refractivity contribution in [3.05, 3.63) is 95.6 Å². The molecule has 0 spiro atoms. The van der Waals surface area contributed by atoms with Gasteiger partial charge in [-0.15, -0.1) is 39.7 Å². The van der Waals surface area contributed by atoms with Gasteiger partial charge in [-0.1, -0.05) is 79.8 Å². The molecule has 2 radical (unpaired) electrons. The van der Waals surface area contributed by atoms with Crippen LogP contribution in [-0.4, -0.2) is 14.6 Å². The van der Waals surface area contributed by atoms with E-state index in [4.69, 9.17) is 0 Å². The van der Waals surface area contributed by atoms with Crippen LogP contribution in [0.15, 0.2) is 84.4 Å². The number of fused-ring (bicyclic) bond motifs is 4. The Balaban J connectivity index is 0.000000461. The van der Waals surface area contributed by atoms with Crippen LogP contribution in [0, 0.1) is 0 Å². The molecular formula is C25H26Cl2OSiZr. The molecule has 154 valence electrons. The Kier molecular flexibility index (Phi) is 13.6. The summed E-state index contributed by atoms with van der Waals surface area (Å²) in [5.41, 5.74) is 3.22. The van der Waals surface area contributed by atoms with Gasteiger partial charge in [-0.3, -0.25) is 0 Å². The van der Waals surface area contributed by atoms with E-state index in [0.29, 0.717) is 0 Å². The van der Waals surface area contributed by atoms with E-state index in [1.807, 2.05) is 37.3 Å². The molecule has 1 unspecified atom stereocenters. The molecule has 30 heavy (non-hydrogen) atoms. The Morgan fingerprint density at radius 1 is 0.767 bits per heavy atom. The van der Waals surface area contributed by atoms with Crippen LogP contribution in [0.2, 0.25) is 13.1 Å². The van der Waals surface area contributed by atoms with E-state index < -0.39 is 0 Å². The summed E-state index contributed by atoms with van der Waals surface area (Å²) in [6.45, 7) is 6.37. The first-order valence-corrected chi connectivity index (χ1v) is 11.7. The van der Waals surface area contributed by atoms with Crippen LogP contribution in [-0.2, 0) is 26.2 Å². The predicted molar refractivity (Wildman–Crippen MR) is 121 cm³/mol. The smallest absolute Gasteiger partial charge is 1.00 e. The number of aliphatic hydroxyl groups is 1. The zero-order valence-electron chi connectivity index (χ0n) is 17.4. The average Bonchev–Trinajstić information content (AvgIpc) is 3.21. The van der Waals surface area contributed by atoms with E-state index in [2.05, 4.69) is 67.7 Å². The number of aliphatic hydroxyl groups excluding tert-OH is 1. The maximum absolute atomic E-state index is 9.58. The number of benzene rings is 3. The van der Waals surface area contributed by atoms with Crippen molar-refractivity contribution in [2.24, 2.45) is 0 Å². The first-order chi connectivity index (χ1) is 13.2. The summed E-state index contributed by atoms with van der Waals surface area (Å²) < 4.78 is 0. The molecule has 0 aromatic heterocycles. The zero-order valence-corrected chi connectivity index (χ0v) is 22.6. The Morgan fingerprint density at radius 3 is 1.70 bits per heavy atom. The van der Waals surface area contributed by atoms with Crippen molar-refractivity contribution in [1.29, 1.82) is 0 Å². The normalized spacial score (nSPS) is 13.2.